The van der Waals surface area contributed by atoms with Gasteiger partial charge in [0, 0.05) is 11.9 Å². The number of benzene rings is 1. The Morgan fingerprint density at radius 1 is 1.16 bits per heavy atom. The summed E-state index contributed by atoms with van der Waals surface area (Å²) in [6.45, 7) is 9.72. The normalized spacial score (nSPS) is 11.3. The molecule has 0 saturated heterocycles. The maximum Gasteiger partial charge on any atom is 0.0922 e. The highest BCUT2D eigenvalue weighted by Crippen LogP contribution is 2.28. The first-order valence-electron chi connectivity index (χ1n) is 6.93. The summed E-state index contributed by atoms with van der Waals surface area (Å²) in [6, 6.07) is 6.73. The van der Waals surface area contributed by atoms with Crippen LogP contribution in [0.5, 0.6) is 0 Å². The van der Waals surface area contributed by atoms with Crippen LogP contribution < -0.4 is 5.32 Å². The van der Waals surface area contributed by atoms with Crippen molar-refractivity contribution in [3.05, 3.63) is 47.5 Å². The lowest BCUT2D eigenvalue weighted by Crippen LogP contribution is -2.05. The fourth-order valence-electron chi connectivity index (χ4n) is 2.15. The van der Waals surface area contributed by atoms with Crippen molar-refractivity contribution in [2.75, 3.05) is 5.32 Å². The Kier molecular flexibility index (Phi) is 4.25. The van der Waals surface area contributed by atoms with Crippen molar-refractivity contribution in [3.63, 3.8) is 0 Å². The fourth-order valence-corrected chi connectivity index (χ4v) is 2.15. The number of aromatic nitrogens is 2. The van der Waals surface area contributed by atoms with E-state index in [2.05, 4.69) is 61.2 Å². The lowest BCUT2D eigenvalue weighted by atomic mass is 9.94. The van der Waals surface area contributed by atoms with Crippen molar-refractivity contribution in [2.45, 2.75) is 46.1 Å². The van der Waals surface area contributed by atoms with Crippen LogP contribution in [-0.4, -0.2) is 9.97 Å². The Morgan fingerprint density at radius 3 is 2.53 bits per heavy atom. The molecule has 1 heterocycles. The van der Waals surface area contributed by atoms with Gasteiger partial charge in [-0.3, -0.25) is 0 Å². The largest absolute Gasteiger partial charge is 0.379 e. The molecule has 2 aromatic rings. The first-order valence-corrected chi connectivity index (χ1v) is 6.93. The molecule has 102 valence electrons. The van der Waals surface area contributed by atoms with Gasteiger partial charge in [-0.2, -0.15) is 0 Å². The van der Waals surface area contributed by atoms with Crippen LogP contribution in [0.15, 0.2) is 30.7 Å². The van der Waals surface area contributed by atoms with Gasteiger partial charge in [0.1, 0.15) is 0 Å². The maximum atomic E-state index is 4.03. The van der Waals surface area contributed by atoms with Crippen LogP contribution in [-0.2, 0) is 6.54 Å². The Bertz CT molecular complexity index is 513. The van der Waals surface area contributed by atoms with Gasteiger partial charge in [-0.1, -0.05) is 39.8 Å². The van der Waals surface area contributed by atoms with E-state index in [1.807, 2.05) is 6.20 Å². The first kappa shape index (κ1) is 13.7. The smallest absolute Gasteiger partial charge is 0.0922 e. The fraction of sp³-hybridized carbons (Fsp3) is 0.438. The van der Waals surface area contributed by atoms with Gasteiger partial charge in [0.05, 0.1) is 18.6 Å². The highest BCUT2D eigenvalue weighted by molar-refractivity contribution is 5.54. The number of nitrogens with one attached hydrogen (secondary N) is 2. The van der Waals surface area contributed by atoms with Crippen LogP contribution in [0.2, 0.25) is 0 Å². The molecule has 0 fully saturated rings. The van der Waals surface area contributed by atoms with Crippen LogP contribution in [0.1, 0.15) is 56.4 Å². The molecule has 0 radical (unpaired) electrons. The van der Waals surface area contributed by atoms with E-state index < -0.39 is 0 Å². The summed E-state index contributed by atoms with van der Waals surface area (Å²) in [5, 5.41) is 3.49. The van der Waals surface area contributed by atoms with Gasteiger partial charge in [-0.25, -0.2) is 4.98 Å². The predicted molar refractivity (Wildman–Crippen MR) is 80.5 cm³/mol. The molecule has 1 aromatic carbocycles. The van der Waals surface area contributed by atoms with Gasteiger partial charge >= 0.3 is 0 Å². The Morgan fingerprint density at radius 2 is 1.95 bits per heavy atom. The minimum atomic E-state index is 0.517. The highest BCUT2D eigenvalue weighted by atomic mass is 14.9. The van der Waals surface area contributed by atoms with Crippen molar-refractivity contribution in [3.8, 4) is 0 Å². The third-order valence-corrected chi connectivity index (χ3v) is 3.39. The number of hydrogen-bond donors (Lipinski definition) is 2. The molecule has 0 spiro atoms. The molecule has 0 atom stereocenters. The summed E-state index contributed by atoms with van der Waals surface area (Å²) in [7, 11) is 0. The monoisotopic (exact) mass is 257 g/mol. The third kappa shape index (κ3) is 3.37. The van der Waals surface area contributed by atoms with E-state index in [9.17, 15) is 0 Å². The molecule has 0 saturated carbocycles. The molecule has 0 aliphatic heterocycles. The van der Waals surface area contributed by atoms with Crippen molar-refractivity contribution >= 4 is 5.69 Å². The van der Waals surface area contributed by atoms with Crippen molar-refractivity contribution in [1.29, 1.82) is 0 Å². The van der Waals surface area contributed by atoms with E-state index in [4.69, 9.17) is 0 Å². The van der Waals surface area contributed by atoms with Gasteiger partial charge in [0.25, 0.3) is 0 Å². The van der Waals surface area contributed by atoms with E-state index >= 15 is 0 Å². The van der Waals surface area contributed by atoms with Crippen LogP contribution in [0, 0.1) is 0 Å². The molecule has 3 nitrogen and oxygen atoms in total. The minimum Gasteiger partial charge on any atom is -0.379 e. The number of imidazole rings is 1. The van der Waals surface area contributed by atoms with Crippen molar-refractivity contribution in [2.24, 2.45) is 0 Å². The Hall–Kier alpha value is -1.77. The zero-order valence-electron chi connectivity index (χ0n) is 12.2. The number of aromatic amines is 1. The van der Waals surface area contributed by atoms with Crippen molar-refractivity contribution in [1.82, 2.24) is 9.97 Å². The number of hydrogen-bond acceptors (Lipinski definition) is 2. The van der Waals surface area contributed by atoms with Crippen molar-refractivity contribution < 1.29 is 0 Å². The minimum absolute atomic E-state index is 0.517. The summed E-state index contributed by atoms with van der Waals surface area (Å²) < 4.78 is 0. The molecule has 0 amide bonds. The molecular weight excluding hydrogens is 234 g/mol. The molecule has 3 heteroatoms. The van der Waals surface area contributed by atoms with Crippen LogP contribution in [0.25, 0.3) is 0 Å². The number of anilines is 1. The zero-order chi connectivity index (χ0) is 13.8. The lowest BCUT2D eigenvalue weighted by Gasteiger charge is -2.17. The molecule has 2 N–H and O–H groups in total. The highest BCUT2D eigenvalue weighted by Gasteiger charge is 2.09. The van der Waals surface area contributed by atoms with E-state index in [1.165, 1.54) is 16.8 Å². The second kappa shape index (κ2) is 5.91. The van der Waals surface area contributed by atoms with Crippen LogP contribution in [0.4, 0.5) is 5.69 Å². The SMILES string of the molecule is CC(C)c1ccc(NCc2cnc[nH]2)c(C(C)C)c1. The zero-order valence-corrected chi connectivity index (χ0v) is 12.2. The number of H-pyrrole nitrogens is 1. The van der Waals surface area contributed by atoms with Gasteiger partial charge < -0.3 is 10.3 Å². The lowest BCUT2D eigenvalue weighted by molar-refractivity contribution is 0.833. The second-order valence-corrected chi connectivity index (χ2v) is 5.59. The topological polar surface area (TPSA) is 40.7 Å². The molecular formula is C16H23N3. The molecule has 0 aliphatic carbocycles. The maximum absolute atomic E-state index is 4.03. The number of rotatable bonds is 5. The average Bonchev–Trinajstić information content (AvgIpc) is 2.89. The summed E-state index contributed by atoms with van der Waals surface area (Å²) >= 11 is 0. The standard InChI is InChI=1S/C16H23N3/c1-11(2)13-5-6-16(15(7-13)12(3)4)18-9-14-8-17-10-19-14/h5-8,10-12,18H,9H2,1-4H3,(H,17,19). The Labute approximate surface area is 115 Å². The average molecular weight is 257 g/mol. The molecule has 0 bridgehead atoms. The first-order chi connectivity index (χ1) is 9.08. The van der Waals surface area contributed by atoms with E-state index in [0.717, 1.165) is 12.2 Å². The number of nitrogens with zero attached hydrogens (tertiary/aromatic N) is 1. The van der Waals surface area contributed by atoms with Gasteiger partial charge in [0.15, 0.2) is 0 Å². The molecule has 0 aliphatic rings. The van der Waals surface area contributed by atoms with E-state index in [1.54, 1.807) is 6.33 Å². The predicted octanol–water partition coefficient (Wildman–Crippen LogP) is 4.27. The third-order valence-electron chi connectivity index (χ3n) is 3.39. The summed E-state index contributed by atoms with van der Waals surface area (Å²) in [5.74, 6) is 1.09. The Balaban J connectivity index is 2.19. The molecule has 1 aromatic heterocycles. The van der Waals surface area contributed by atoms with Gasteiger partial charge in [-0.05, 0) is 29.0 Å². The quantitative estimate of drug-likeness (QED) is 0.839. The van der Waals surface area contributed by atoms with E-state index in [-0.39, 0.29) is 0 Å². The molecule has 2 rings (SSSR count). The van der Waals surface area contributed by atoms with Gasteiger partial charge in [0.2, 0.25) is 0 Å². The van der Waals surface area contributed by atoms with E-state index in [0.29, 0.717) is 11.8 Å². The van der Waals surface area contributed by atoms with Gasteiger partial charge in [-0.15, -0.1) is 0 Å². The summed E-state index contributed by atoms with van der Waals surface area (Å²) in [5.41, 5.74) is 5.10. The molecule has 19 heavy (non-hydrogen) atoms. The second-order valence-electron chi connectivity index (χ2n) is 5.59. The summed E-state index contributed by atoms with van der Waals surface area (Å²) in [4.78, 5) is 7.15. The molecule has 0 unspecified atom stereocenters. The summed E-state index contributed by atoms with van der Waals surface area (Å²) in [6.07, 6.45) is 3.56. The van der Waals surface area contributed by atoms with Crippen LogP contribution >= 0.6 is 0 Å². The van der Waals surface area contributed by atoms with Crippen LogP contribution in [0.3, 0.4) is 0 Å².